The summed E-state index contributed by atoms with van der Waals surface area (Å²) < 4.78 is 6.07. The van der Waals surface area contributed by atoms with Crippen molar-refractivity contribution in [1.82, 2.24) is 14.9 Å². The average molecular weight is 335 g/mol. The molecule has 0 saturated carbocycles. The van der Waals surface area contributed by atoms with Crippen LogP contribution in [-0.2, 0) is 4.79 Å². The third-order valence-corrected chi connectivity index (χ3v) is 4.09. The maximum atomic E-state index is 12.3. The zero-order valence-corrected chi connectivity index (χ0v) is 13.8. The highest BCUT2D eigenvalue weighted by Gasteiger charge is 2.19. The highest BCUT2D eigenvalue weighted by atomic mass is 32.2. The first kappa shape index (κ1) is 16.8. The number of aromatic nitrogens is 3. The largest absolute Gasteiger partial charge is 0.495 e. The molecule has 1 aromatic carbocycles. The third-order valence-electron chi connectivity index (χ3n) is 3.04. The summed E-state index contributed by atoms with van der Waals surface area (Å²) in [4.78, 5) is 24.0. The van der Waals surface area contributed by atoms with Crippen LogP contribution in [0.4, 0.5) is 5.69 Å². The number of nitrogens with zero attached hydrogens (tertiary/aromatic N) is 3. The number of methoxy groups -OCH3 is 1. The van der Waals surface area contributed by atoms with Crippen LogP contribution in [0.15, 0.2) is 34.2 Å². The Labute approximate surface area is 137 Å². The molecule has 0 saturated heterocycles. The van der Waals surface area contributed by atoms with Crippen LogP contribution in [0.2, 0.25) is 0 Å². The van der Waals surface area contributed by atoms with Crippen molar-refractivity contribution < 1.29 is 9.53 Å². The molecule has 1 atom stereocenters. The number of para-hydroxylation sites is 2. The lowest BCUT2D eigenvalue weighted by Crippen LogP contribution is -2.33. The zero-order chi connectivity index (χ0) is 17.0. The standard InChI is InChI=1S/C14H17N5O3S/c1-8-13(21)19(15)14(18-17-8)23-9(2)12(20)16-10-6-4-5-7-11(10)22-3/h4-7,9H,15H2,1-3H3,(H,16,20)/t9-/m0/s1. The van der Waals surface area contributed by atoms with E-state index in [4.69, 9.17) is 10.6 Å². The van der Waals surface area contributed by atoms with Crippen LogP contribution in [0.25, 0.3) is 0 Å². The fourth-order valence-corrected chi connectivity index (χ4v) is 2.51. The van der Waals surface area contributed by atoms with E-state index in [0.29, 0.717) is 11.4 Å². The molecule has 0 spiro atoms. The normalized spacial score (nSPS) is 11.8. The Bertz CT molecular complexity index is 777. The quantitative estimate of drug-likeness (QED) is 0.613. The molecular formula is C14H17N5O3S. The zero-order valence-electron chi connectivity index (χ0n) is 12.9. The first-order chi connectivity index (χ1) is 10.9. The van der Waals surface area contributed by atoms with Gasteiger partial charge in [0.2, 0.25) is 11.1 Å². The van der Waals surface area contributed by atoms with E-state index in [0.717, 1.165) is 16.4 Å². The van der Waals surface area contributed by atoms with E-state index < -0.39 is 10.8 Å². The van der Waals surface area contributed by atoms with E-state index >= 15 is 0 Å². The van der Waals surface area contributed by atoms with Crippen LogP contribution < -0.4 is 21.5 Å². The summed E-state index contributed by atoms with van der Waals surface area (Å²) in [6.07, 6.45) is 0. The van der Waals surface area contributed by atoms with Crippen LogP contribution in [0.5, 0.6) is 5.75 Å². The number of nitrogens with two attached hydrogens (primary N) is 1. The molecule has 3 N–H and O–H groups in total. The van der Waals surface area contributed by atoms with Crippen molar-refractivity contribution in [3.05, 3.63) is 40.3 Å². The van der Waals surface area contributed by atoms with Gasteiger partial charge in [0.1, 0.15) is 11.4 Å². The lowest BCUT2D eigenvalue weighted by atomic mass is 10.3. The van der Waals surface area contributed by atoms with Crippen molar-refractivity contribution in [1.29, 1.82) is 0 Å². The van der Waals surface area contributed by atoms with Gasteiger partial charge in [0.15, 0.2) is 0 Å². The second kappa shape index (κ2) is 7.14. The van der Waals surface area contributed by atoms with Gasteiger partial charge in [-0.1, -0.05) is 23.9 Å². The summed E-state index contributed by atoms with van der Waals surface area (Å²) in [5.41, 5.74) is 0.315. The van der Waals surface area contributed by atoms with Gasteiger partial charge in [0, 0.05) is 0 Å². The molecule has 0 aliphatic rings. The minimum absolute atomic E-state index is 0.170. The number of carbonyl (C=O) groups is 1. The highest BCUT2D eigenvalue weighted by molar-refractivity contribution is 8.00. The van der Waals surface area contributed by atoms with Gasteiger partial charge < -0.3 is 15.9 Å². The topological polar surface area (TPSA) is 112 Å². The summed E-state index contributed by atoms with van der Waals surface area (Å²) in [6.45, 7) is 3.20. The molecule has 2 aromatic rings. The summed E-state index contributed by atoms with van der Waals surface area (Å²) in [5, 5.41) is 9.97. The van der Waals surface area contributed by atoms with E-state index in [9.17, 15) is 9.59 Å². The predicted molar refractivity (Wildman–Crippen MR) is 88.1 cm³/mol. The Morgan fingerprint density at radius 3 is 2.78 bits per heavy atom. The molecule has 23 heavy (non-hydrogen) atoms. The Morgan fingerprint density at radius 1 is 1.39 bits per heavy atom. The van der Waals surface area contributed by atoms with Gasteiger partial charge in [-0.25, -0.2) is 0 Å². The molecule has 2 rings (SSSR count). The van der Waals surface area contributed by atoms with E-state index in [-0.39, 0.29) is 16.8 Å². The smallest absolute Gasteiger partial charge is 0.294 e. The number of benzene rings is 1. The van der Waals surface area contributed by atoms with Gasteiger partial charge in [-0.3, -0.25) is 9.59 Å². The number of ether oxygens (including phenoxy) is 1. The summed E-state index contributed by atoms with van der Waals surface area (Å²) >= 11 is 1.05. The number of thioether (sulfide) groups is 1. The van der Waals surface area contributed by atoms with Crippen LogP contribution in [0, 0.1) is 6.92 Å². The molecule has 0 fully saturated rings. The fourth-order valence-electron chi connectivity index (χ4n) is 1.74. The summed E-state index contributed by atoms with van der Waals surface area (Å²) in [6, 6.07) is 7.08. The second-order valence-corrected chi connectivity index (χ2v) is 6.00. The maximum absolute atomic E-state index is 12.3. The number of aryl methyl sites for hydroxylation is 1. The van der Waals surface area contributed by atoms with Gasteiger partial charge in [-0.2, -0.15) is 4.68 Å². The Morgan fingerprint density at radius 2 is 2.09 bits per heavy atom. The van der Waals surface area contributed by atoms with Gasteiger partial charge in [0.25, 0.3) is 5.56 Å². The van der Waals surface area contributed by atoms with Gasteiger partial charge in [-0.15, -0.1) is 10.2 Å². The van der Waals surface area contributed by atoms with Crippen molar-refractivity contribution in [3.8, 4) is 5.75 Å². The molecular weight excluding hydrogens is 318 g/mol. The lowest BCUT2D eigenvalue weighted by Gasteiger charge is -2.14. The fraction of sp³-hybridized carbons (Fsp3) is 0.286. The van der Waals surface area contributed by atoms with Crippen LogP contribution in [-0.4, -0.2) is 33.1 Å². The lowest BCUT2D eigenvalue weighted by molar-refractivity contribution is -0.115. The molecule has 0 unspecified atom stereocenters. The molecule has 8 nitrogen and oxygen atoms in total. The number of nitrogen functional groups attached to an aromatic ring is 1. The highest BCUT2D eigenvalue weighted by Crippen LogP contribution is 2.25. The first-order valence-electron chi connectivity index (χ1n) is 6.76. The Hall–Kier alpha value is -2.55. The van der Waals surface area contributed by atoms with Crippen LogP contribution in [0.1, 0.15) is 12.6 Å². The minimum Gasteiger partial charge on any atom is -0.495 e. The molecule has 0 aliphatic carbocycles. The molecule has 9 heteroatoms. The number of nitrogens with one attached hydrogen (secondary N) is 1. The number of rotatable bonds is 5. The van der Waals surface area contributed by atoms with Crippen LogP contribution in [0.3, 0.4) is 0 Å². The molecule has 1 amide bonds. The van der Waals surface area contributed by atoms with Gasteiger partial charge in [0.05, 0.1) is 18.0 Å². The molecule has 0 radical (unpaired) electrons. The second-order valence-electron chi connectivity index (χ2n) is 4.69. The molecule has 122 valence electrons. The Balaban J connectivity index is 2.12. The van der Waals surface area contributed by atoms with Crippen molar-refractivity contribution >= 4 is 23.4 Å². The SMILES string of the molecule is COc1ccccc1NC(=O)[C@H](C)Sc1nnc(C)c(=O)n1N. The van der Waals surface area contributed by atoms with Crippen LogP contribution >= 0.6 is 11.8 Å². The number of carbonyl (C=O) groups excluding carboxylic acids is 1. The van der Waals surface area contributed by atoms with Crippen molar-refractivity contribution in [2.24, 2.45) is 0 Å². The van der Waals surface area contributed by atoms with E-state index in [1.165, 1.54) is 14.0 Å². The monoisotopic (exact) mass is 335 g/mol. The predicted octanol–water partition coefficient (Wildman–Crippen LogP) is 0.788. The number of amides is 1. The number of hydrogen-bond donors (Lipinski definition) is 2. The Kier molecular flexibility index (Phi) is 5.22. The number of anilines is 1. The van der Waals surface area contributed by atoms with E-state index in [1.807, 2.05) is 6.07 Å². The van der Waals surface area contributed by atoms with Crippen molar-refractivity contribution in [2.45, 2.75) is 24.3 Å². The van der Waals surface area contributed by atoms with Gasteiger partial charge >= 0.3 is 0 Å². The third kappa shape index (κ3) is 3.81. The molecule has 0 aliphatic heterocycles. The average Bonchev–Trinajstić information content (AvgIpc) is 2.55. The van der Waals surface area contributed by atoms with E-state index in [1.54, 1.807) is 25.1 Å². The van der Waals surface area contributed by atoms with Gasteiger partial charge in [-0.05, 0) is 26.0 Å². The van der Waals surface area contributed by atoms with Crippen molar-refractivity contribution in [2.75, 3.05) is 18.3 Å². The summed E-state index contributed by atoms with van der Waals surface area (Å²) in [5.74, 6) is 5.95. The minimum atomic E-state index is -0.536. The molecule has 1 heterocycles. The molecule has 0 bridgehead atoms. The maximum Gasteiger partial charge on any atom is 0.294 e. The summed E-state index contributed by atoms with van der Waals surface area (Å²) in [7, 11) is 1.53. The van der Waals surface area contributed by atoms with Crippen molar-refractivity contribution in [3.63, 3.8) is 0 Å². The molecule has 1 aromatic heterocycles. The first-order valence-corrected chi connectivity index (χ1v) is 7.64. The van der Waals surface area contributed by atoms with E-state index in [2.05, 4.69) is 15.5 Å². The number of hydrogen-bond acceptors (Lipinski definition) is 7.